The van der Waals surface area contributed by atoms with Crippen molar-refractivity contribution in [2.24, 2.45) is 0 Å². The highest BCUT2D eigenvalue weighted by molar-refractivity contribution is 6.24. The second-order valence-corrected chi connectivity index (χ2v) is 4.38. The van der Waals surface area contributed by atoms with Gasteiger partial charge in [-0.25, -0.2) is 13.5 Å². The Labute approximate surface area is 131 Å². The van der Waals surface area contributed by atoms with Crippen LogP contribution >= 0.6 is 11.6 Å². The Morgan fingerprint density at radius 1 is 0.560 bits per heavy atom. The van der Waals surface area contributed by atoms with E-state index >= 15 is 0 Å². The van der Waals surface area contributed by atoms with Gasteiger partial charge in [0.05, 0.1) is 0 Å². The zero-order valence-corrected chi connectivity index (χ0v) is 11.2. The van der Waals surface area contributed by atoms with E-state index in [0.717, 1.165) is 0 Å². The number of hydrogen-bond donors (Lipinski definition) is 0. The third-order valence-electron chi connectivity index (χ3n) is 1.92. The van der Waals surface area contributed by atoms with Crippen molar-refractivity contribution < 1.29 is 76.0 Å². The number of alkyl halides is 15. The van der Waals surface area contributed by atoms with Gasteiger partial charge in [0, 0.05) is 0 Å². The van der Waals surface area contributed by atoms with E-state index < -0.39 is 41.8 Å². The van der Waals surface area contributed by atoms with Crippen LogP contribution in [0.25, 0.3) is 0 Å². The predicted octanol–water partition coefficient (Wildman–Crippen LogP) is 3.81. The van der Waals surface area contributed by atoms with Gasteiger partial charge in [0.25, 0.3) is 0 Å². The monoisotopic (exact) mass is 433 g/mol. The molecular formula is C7ClF14O3-. The topological polar surface area (TPSA) is 41.5 Å². The van der Waals surface area contributed by atoms with Gasteiger partial charge in [-0.3, -0.25) is 4.74 Å². The van der Waals surface area contributed by atoms with Crippen molar-refractivity contribution in [3.63, 3.8) is 0 Å². The molecular weight excluding hydrogens is 433 g/mol. The van der Waals surface area contributed by atoms with Gasteiger partial charge >= 0.3 is 35.8 Å². The van der Waals surface area contributed by atoms with E-state index in [1.807, 2.05) is 0 Å². The van der Waals surface area contributed by atoms with Crippen LogP contribution in [0.15, 0.2) is 0 Å². The van der Waals surface area contributed by atoms with E-state index in [9.17, 15) is 66.6 Å². The summed E-state index contributed by atoms with van der Waals surface area (Å²) < 4.78 is 175. The number of rotatable bonds is 5. The highest BCUT2D eigenvalue weighted by atomic mass is 35.5. The second kappa shape index (κ2) is 6.12. The standard InChI is InChI=1S/C7ClF14O3/c8-1(9,2(10,11)12)5(19,20)24-7(22,4(16,17)18)25-6(21,23)3(13,14)15/q-1. The maximum atomic E-state index is 13.2. The quantitative estimate of drug-likeness (QED) is 0.376. The van der Waals surface area contributed by atoms with Gasteiger partial charge in [0.1, 0.15) is 0 Å². The average molecular weight is 433 g/mol. The first-order chi connectivity index (χ1) is 10.4. The lowest BCUT2D eigenvalue weighted by atomic mass is 10.3. The highest BCUT2D eigenvalue weighted by Crippen LogP contribution is 2.53. The smallest absolute Gasteiger partial charge is 0.478 e. The lowest BCUT2D eigenvalue weighted by Gasteiger charge is -2.41. The maximum absolute atomic E-state index is 13.2. The number of hydrogen-bond acceptors (Lipinski definition) is 3. The van der Waals surface area contributed by atoms with Crippen LogP contribution in [0.2, 0.25) is 0 Å². The van der Waals surface area contributed by atoms with Crippen LogP contribution in [0.1, 0.15) is 0 Å². The number of halogens is 15. The van der Waals surface area contributed by atoms with Gasteiger partial charge in [-0.15, -0.1) is 0 Å². The molecule has 0 radical (unpaired) electrons. The molecule has 0 fully saturated rings. The van der Waals surface area contributed by atoms with Crippen molar-refractivity contribution in [2.75, 3.05) is 0 Å². The summed E-state index contributed by atoms with van der Waals surface area (Å²) in [4.78, 5) is 0. The molecule has 0 spiro atoms. The van der Waals surface area contributed by atoms with E-state index in [4.69, 9.17) is 0 Å². The van der Waals surface area contributed by atoms with Crippen molar-refractivity contribution in [1.29, 1.82) is 0 Å². The van der Waals surface area contributed by atoms with Crippen LogP contribution in [0.4, 0.5) is 61.5 Å². The van der Waals surface area contributed by atoms with Gasteiger partial charge in [0.2, 0.25) is 6.04 Å². The minimum atomic E-state index is -7.35. The van der Waals surface area contributed by atoms with E-state index in [0.29, 0.717) is 0 Å². The summed E-state index contributed by atoms with van der Waals surface area (Å²) in [6, 6.07) is -14.1. The fourth-order valence-electron chi connectivity index (χ4n) is 0.757. The molecule has 0 amide bonds. The zero-order valence-electron chi connectivity index (χ0n) is 10.4. The van der Waals surface area contributed by atoms with E-state index in [-0.39, 0.29) is 0 Å². The molecule has 0 aromatic rings. The van der Waals surface area contributed by atoms with Crippen molar-refractivity contribution in [1.82, 2.24) is 0 Å². The first kappa shape index (κ1) is 24.2. The Balaban J connectivity index is 6.04. The second-order valence-electron chi connectivity index (χ2n) is 3.86. The van der Waals surface area contributed by atoms with Crippen LogP contribution in [0.5, 0.6) is 0 Å². The minimum Gasteiger partial charge on any atom is -0.795 e. The average Bonchev–Trinajstić information content (AvgIpc) is 2.21. The summed E-state index contributed by atoms with van der Waals surface area (Å²) in [7, 11) is 0. The Morgan fingerprint density at radius 3 is 1.16 bits per heavy atom. The molecule has 18 heteroatoms. The van der Waals surface area contributed by atoms with Crippen molar-refractivity contribution in [2.45, 2.75) is 41.8 Å². The van der Waals surface area contributed by atoms with E-state index in [1.165, 1.54) is 0 Å². The molecule has 152 valence electrons. The summed E-state index contributed by atoms with van der Waals surface area (Å²) in [6.45, 7) is 0. The largest absolute Gasteiger partial charge is 0.795 e. The molecule has 3 nitrogen and oxygen atoms in total. The Bertz CT molecular complexity index is 478. The molecule has 0 N–H and O–H groups in total. The fourth-order valence-corrected chi connectivity index (χ4v) is 0.796. The van der Waals surface area contributed by atoms with Gasteiger partial charge in [-0.2, -0.15) is 52.7 Å². The van der Waals surface area contributed by atoms with Gasteiger partial charge in [0.15, 0.2) is 0 Å². The van der Waals surface area contributed by atoms with Crippen LogP contribution in [-0.2, 0) is 9.47 Å². The molecule has 0 aliphatic rings. The first-order valence-corrected chi connectivity index (χ1v) is 5.23. The van der Waals surface area contributed by atoms with E-state index in [1.54, 1.807) is 9.47 Å². The molecule has 0 aromatic carbocycles. The molecule has 0 rings (SSSR count). The molecule has 0 aromatic heterocycles. The van der Waals surface area contributed by atoms with Crippen LogP contribution < -0.4 is 5.11 Å². The summed E-state index contributed by atoms with van der Waals surface area (Å²) in [5, 5.41) is 3.44. The molecule has 0 bridgehead atoms. The van der Waals surface area contributed by atoms with E-state index in [2.05, 4.69) is 11.6 Å². The summed E-state index contributed by atoms with van der Waals surface area (Å²) >= 11 is 3.57. The lowest BCUT2D eigenvalue weighted by Crippen LogP contribution is -2.65. The molecule has 0 aliphatic heterocycles. The zero-order chi connectivity index (χ0) is 20.9. The molecule has 3 unspecified atom stereocenters. The summed E-state index contributed by atoms with van der Waals surface area (Å²) in [6.07, 6.45) is -28.5. The predicted molar refractivity (Wildman–Crippen MR) is 42.7 cm³/mol. The third-order valence-corrected chi connectivity index (χ3v) is 2.36. The minimum absolute atomic E-state index is 1.56. The van der Waals surface area contributed by atoms with Crippen molar-refractivity contribution >= 4 is 11.6 Å². The molecule has 0 aliphatic carbocycles. The van der Waals surface area contributed by atoms with Crippen LogP contribution in [0, 0.1) is 0 Å². The Morgan fingerprint density at radius 2 is 0.920 bits per heavy atom. The Kier molecular flexibility index (Phi) is 5.92. The van der Waals surface area contributed by atoms with Gasteiger partial charge in [-0.1, -0.05) is 11.6 Å². The summed E-state index contributed by atoms with van der Waals surface area (Å²) in [5.41, 5.74) is 0. The normalized spacial score (nSPS) is 22.1. The number of ether oxygens (including phenoxy) is 2. The molecule has 0 saturated heterocycles. The Hall–Kier alpha value is -0.810. The van der Waals surface area contributed by atoms with Crippen molar-refractivity contribution in [3.8, 4) is 0 Å². The van der Waals surface area contributed by atoms with Gasteiger partial charge < -0.3 is 5.11 Å². The van der Waals surface area contributed by atoms with Crippen LogP contribution in [-0.4, -0.2) is 41.8 Å². The first-order valence-electron chi connectivity index (χ1n) is 4.86. The van der Waals surface area contributed by atoms with Gasteiger partial charge in [-0.05, 0) is 0 Å². The maximum Gasteiger partial charge on any atom is 0.478 e. The molecule has 0 saturated carbocycles. The van der Waals surface area contributed by atoms with Crippen LogP contribution in [0.3, 0.4) is 0 Å². The summed E-state index contributed by atoms with van der Waals surface area (Å²) in [5.74, 6) is 0. The van der Waals surface area contributed by atoms with Crippen molar-refractivity contribution in [3.05, 3.63) is 0 Å². The molecule has 3 atom stereocenters. The lowest BCUT2D eigenvalue weighted by molar-refractivity contribution is -0.700. The SMILES string of the molecule is [O-]C(F)(OC(F)(OC(F)(F)C(F)(Cl)C(F)(F)F)C(F)(F)F)C(F)(F)F. The molecule has 25 heavy (non-hydrogen) atoms. The fraction of sp³-hybridized carbons (Fsp3) is 1.00. The molecule has 0 heterocycles. The highest BCUT2D eigenvalue weighted by Gasteiger charge is 2.78. The third kappa shape index (κ3) is 4.68.